The van der Waals surface area contributed by atoms with Crippen LogP contribution in [0.3, 0.4) is 0 Å². The molecule has 120 valence electrons. The van der Waals surface area contributed by atoms with E-state index in [0.717, 1.165) is 18.7 Å². The maximum absolute atomic E-state index is 12.2. The monoisotopic (exact) mass is 316 g/mol. The Kier molecular flexibility index (Phi) is 5.08. The van der Waals surface area contributed by atoms with E-state index in [0.29, 0.717) is 11.1 Å². The second-order valence-electron chi connectivity index (χ2n) is 6.03. The normalized spacial score (nSPS) is 14.5. The lowest BCUT2D eigenvalue weighted by molar-refractivity contribution is 0.104. The highest BCUT2D eigenvalue weighted by Crippen LogP contribution is 2.20. The number of anilines is 1. The topological polar surface area (TPSA) is 44.1 Å². The summed E-state index contributed by atoms with van der Waals surface area (Å²) in [6.07, 6.45) is 7.27. The molecule has 1 heterocycles. The number of hydrogen-bond acceptors (Lipinski definition) is 3. The van der Waals surface area contributed by atoms with Crippen LogP contribution >= 0.6 is 0 Å². The molecule has 0 N–H and O–H groups in total. The Balaban J connectivity index is 1.65. The summed E-state index contributed by atoms with van der Waals surface area (Å²) in [5.41, 5.74) is 3.42. The Bertz CT molecular complexity index is 761. The zero-order valence-corrected chi connectivity index (χ0v) is 13.6. The number of carbonyl (C=O) groups excluding carboxylic acids is 1. The summed E-state index contributed by atoms with van der Waals surface area (Å²) in [5.74, 6) is -0.0559. The molecule has 0 atom stereocenters. The van der Waals surface area contributed by atoms with E-state index in [1.165, 1.54) is 24.9 Å². The van der Waals surface area contributed by atoms with Crippen molar-refractivity contribution in [2.75, 3.05) is 18.0 Å². The second kappa shape index (κ2) is 7.61. The van der Waals surface area contributed by atoms with Crippen molar-refractivity contribution in [3.05, 3.63) is 71.3 Å². The minimum Gasteiger partial charge on any atom is -0.372 e. The first-order chi connectivity index (χ1) is 11.8. The molecule has 0 aliphatic carbocycles. The Hall–Kier alpha value is -2.86. The summed E-state index contributed by atoms with van der Waals surface area (Å²) in [6, 6.07) is 17.1. The standard InChI is InChI=1S/C21H20N2O/c22-16-18-4-9-19(10-5-18)21(24)13-8-17-6-11-20(12-7-17)23-14-2-1-3-15-23/h4-13H,1-3,14-15H2/b13-8+. The molecule has 1 aliphatic rings. The van der Waals surface area contributed by atoms with E-state index in [9.17, 15) is 4.79 Å². The van der Waals surface area contributed by atoms with Crippen molar-refractivity contribution in [2.24, 2.45) is 0 Å². The smallest absolute Gasteiger partial charge is 0.185 e. The van der Waals surface area contributed by atoms with Crippen LogP contribution in [0.25, 0.3) is 6.08 Å². The predicted octanol–water partition coefficient (Wildman–Crippen LogP) is 4.44. The van der Waals surface area contributed by atoms with Gasteiger partial charge >= 0.3 is 0 Å². The number of benzene rings is 2. The summed E-state index contributed by atoms with van der Waals surface area (Å²) in [4.78, 5) is 14.6. The second-order valence-corrected chi connectivity index (χ2v) is 6.03. The summed E-state index contributed by atoms with van der Waals surface area (Å²) in [6.45, 7) is 2.26. The summed E-state index contributed by atoms with van der Waals surface area (Å²) < 4.78 is 0. The van der Waals surface area contributed by atoms with Gasteiger partial charge in [0.15, 0.2) is 5.78 Å². The van der Waals surface area contributed by atoms with Gasteiger partial charge in [0.25, 0.3) is 0 Å². The highest BCUT2D eigenvalue weighted by molar-refractivity contribution is 6.06. The van der Waals surface area contributed by atoms with E-state index in [1.807, 2.05) is 24.3 Å². The van der Waals surface area contributed by atoms with Gasteiger partial charge in [-0.3, -0.25) is 4.79 Å². The lowest BCUT2D eigenvalue weighted by Crippen LogP contribution is -2.29. The minimum atomic E-state index is -0.0559. The lowest BCUT2D eigenvalue weighted by Gasteiger charge is -2.28. The first-order valence-corrected chi connectivity index (χ1v) is 8.34. The Morgan fingerprint density at radius 3 is 2.25 bits per heavy atom. The van der Waals surface area contributed by atoms with Crippen LogP contribution in [0.15, 0.2) is 54.6 Å². The van der Waals surface area contributed by atoms with Crippen molar-refractivity contribution in [1.82, 2.24) is 0 Å². The maximum atomic E-state index is 12.2. The van der Waals surface area contributed by atoms with Gasteiger partial charge in [0.05, 0.1) is 11.6 Å². The quantitative estimate of drug-likeness (QED) is 0.618. The van der Waals surface area contributed by atoms with Crippen molar-refractivity contribution in [3.8, 4) is 6.07 Å². The van der Waals surface area contributed by atoms with Crippen LogP contribution in [0, 0.1) is 11.3 Å². The molecule has 0 spiro atoms. The Labute approximate surface area is 142 Å². The molecule has 0 radical (unpaired) electrons. The van der Waals surface area contributed by atoms with Crippen molar-refractivity contribution in [2.45, 2.75) is 19.3 Å². The summed E-state index contributed by atoms with van der Waals surface area (Å²) in [5, 5.41) is 8.78. The molecule has 0 aromatic heterocycles. The van der Waals surface area contributed by atoms with Gasteiger partial charge < -0.3 is 4.90 Å². The number of nitriles is 1. The fourth-order valence-corrected chi connectivity index (χ4v) is 2.93. The van der Waals surface area contributed by atoms with Gasteiger partial charge in [0.2, 0.25) is 0 Å². The number of nitrogens with zero attached hydrogens (tertiary/aromatic N) is 2. The third-order valence-electron chi connectivity index (χ3n) is 4.34. The van der Waals surface area contributed by atoms with Crippen molar-refractivity contribution < 1.29 is 4.79 Å². The molecule has 3 rings (SSSR count). The molecule has 24 heavy (non-hydrogen) atoms. The highest BCUT2D eigenvalue weighted by atomic mass is 16.1. The molecule has 0 bridgehead atoms. The van der Waals surface area contributed by atoms with Crippen molar-refractivity contribution in [1.29, 1.82) is 5.26 Å². The molecule has 0 saturated carbocycles. The number of ketones is 1. The third kappa shape index (κ3) is 3.91. The molecule has 2 aromatic carbocycles. The first kappa shape index (κ1) is 16.0. The van der Waals surface area contributed by atoms with E-state index >= 15 is 0 Å². The molecule has 0 unspecified atom stereocenters. The van der Waals surface area contributed by atoms with Crippen LogP contribution in [0.5, 0.6) is 0 Å². The van der Waals surface area contributed by atoms with Gasteiger partial charge in [0.1, 0.15) is 0 Å². The van der Waals surface area contributed by atoms with Crippen LogP contribution in [0.1, 0.15) is 40.7 Å². The van der Waals surface area contributed by atoms with Crippen LogP contribution in [0.2, 0.25) is 0 Å². The van der Waals surface area contributed by atoms with E-state index < -0.39 is 0 Å². The number of hydrogen-bond donors (Lipinski definition) is 0. The first-order valence-electron chi connectivity index (χ1n) is 8.34. The number of piperidine rings is 1. The Morgan fingerprint density at radius 1 is 0.958 bits per heavy atom. The van der Waals surface area contributed by atoms with Crippen LogP contribution in [-0.2, 0) is 0 Å². The maximum Gasteiger partial charge on any atom is 0.185 e. The lowest BCUT2D eigenvalue weighted by atomic mass is 10.1. The summed E-state index contributed by atoms with van der Waals surface area (Å²) >= 11 is 0. The van der Waals surface area contributed by atoms with Gasteiger partial charge in [-0.2, -0.15) is 5.26 Å². The van der Waals surface area contributed by atoms with Gasteiger partial charge in [-0.25, -0.2) is 0 Å². The van der Waals surface area contributed by atoms with Gasteiger partial charge in [-0.05, 0) is 67.3 Å². The minimum absolute atomic E-state index is 0.0559. The molecule has 2 aromatic rings. The van der Waals surface area contributed by atoms with Gasteiger partial charge in [-0.15, -0.1) is 0 Å². The van der Waals surface area contributed by atoms with Gasteiger partial charge in [0, 0.05) is 24.3 Å². The predicted molar refractivity (Wildman–Crippen MR) is 97.0 cm³/mol. The molecule has 1 saturated heterocycles. The number of rotatable bonds is 4. The molecular formula is C21H20N2O. The van der Waals surface area contributed by atoms with Crippen molar-refractivity contribution >= 4 is 17.5 Å². The molecule has 3 nitrogen and oxygen atoms in total. The van der Waals surface area contributed by atoms with E-state index in [4.69, 9.17) is 5.26 Å². The average molecular weight is 316 g/mol. The largest absolute Gasteiger partial charge is 0.372 e. The Morgan fingerprint density at radius 2 is 1.62 bits per heavy atom. The van der Waals surface area contributed by atoms with Crippen molar-refractivity contribution in [3.63, 3.8) is 0 Å². The number of allylic oxidation sites excluding steroid dienone is 1. The van der Waals surface area contributed by atoms with Crippen LogP contribution < -0.4 is 4.90 Å². The fourth-order valence-electron chi connectivity index (χ4n) is 2.93. The van der Waals surface area contributed by atoms with E-state index in [1.54, 1.807) is 30.3 Å². The molecule has 3 heteroatoms. The van der Waals surface area contributed by atoms with E-state index in [2.05, 4.69) is 17.0 Å². The molecule has 1 fully saturated rings. The zero-order valence-electron chi connectivity index (χ0n) is 13.6. The molecule has 1 aliphatic heterocycles. The zero-order chi connectivity index (χ0) is 16.8. The molecular weight excluding hydrogens is 296 g/mol. The van der Waals surface area contributed by atoms with Crippen LogP contribution in [-0.4, -0.2) is 18.9 Å². The number of carbonyl (C=O) groups is 1. The average Bonchev–Trinajstić information content (AvgIpc) is 2.67. The highest BCUT2D eigenvalue weighted by Gasteiger charge is 2.10. The SMILES string of the molecule is N#Cc1ccc(C(=O)/C=C/c2ccc(N3CCCCC3)cc2)cc1. The molecule has 0 amide bonds. The van der Waals surface area contributed by atoms with E-state index in [-0.39, 0.29) is 5.78 Å². The third-order valence-corrected chi connectivity index (χ3v) is 4.34. The summed E-state index contributed by atoms with van der Waals surface area (Å²) in [7, 11) is 0. The fraction of sp³-hybridized carbons (Fsp3) is 0.238. The van der Waals surface area contributed by atoms with Gasteiger partial charge in [-0.1, -0.05) is 18.2 Å². The van der Waals surface area contributed by atoms with Crippen LogP contribution in [0.4, 0.5) is 5.69 Å².